The zero-order chi connectivity index (χ0) is 26.8. The molecule has 0 aliphatic heterocycles. The third kappa shape index (κ3) is 3.79. The number of nitrogens with one attached hydrogen (secondary N) is 1. The van der Waals surface area contributed by atoms with Gasteiger partial charge in [-0.25, -0.2) is 19.2 Å². The number of carbonyl (C=O) groups is 1. The molecule has 6 rings (SSSR count). The molecule has 5 aromatic rings. The summed E-state index contributed by atoms with van der Waals surface area (Å²) in [7, 11) is 0. The van der Waals surface area contributed by atoms with Crippen LogP contribution in [-0.2, 0) is 16.3 Å². The molecule has 1 aliphatic rings. The summed E-state index contributed by atoms with van der Waals surface area (Å²) in [5.74, 6) is -1.68. The smallest absolute Gasteiger partial charge is 0.324 e. The maximum atomic E-state index is 14.1. The number of alkyl halides is 2. The fraction of sp³-hybridized carbons (Fsp3) is 0.261. The van der Waals surface area contributed by atoms with Gasteiger partial charge in [0.05, 0.1) is 47.1 Å². The Morgan fingerprint density at radius 1 is 1.16 bits per heavy atom. The minimum absolute atomic E-state index is 0.161. The molecule has 0 spiro atoms. The van der Waals surface area contributed by atoms with Gasteiger partial charge in [0.2, 0.25) is 11.9 Å². The van der Waals surface area contributed by atoms with Crippen molar-refractivity contribution >= 4 is 28.8 Å². The summed E-state index contributed by atoms with van der Waals surface area (Å²) >= 11 is 6.33. The molecule has 1 aliphatic carbocycles. The Balaban J connectivity index is 1.39. The predicted molar refractivity (Wildman–Crippen MR) is 128 cm³/mol. The second kappa shape index (κ2) is 8.34. The summed E-state index contributed by atoms with van der Waals surface area (Å²) < 4.78 is 43.9. The second-order valence-electron chi connectivity index (χ2n) is 9.24. The zero-order valence-corrected chi connectivity index (χ0v) is 20.6. The zero-order valence-electron chi connectivity index (χ0n) is 19.8. The lowest BCUT2D eigenvalue weighted by atomic mass is 9.80. The van der Waals surface area contributed by atoms with E-state index in [0.29, 0.717) is 27.2 Å². The standard InChI is InChI=1S/C23H18ClF3N10O/c1-22(12-8-32-35(11-12)23(2,26)27)7-14(15-10-28-18-6-17(25)34-36(18)19(15)22)21(38)33-13-5-16(24)20(29-9-13)37-30-3-4-31-37/h3-6,8-11,14H,7H2,1-2H3,(H,33,38)/t14-,22+/m1/s1. The van der Waals surface area contributed by atoms with Crippen LogP contribution in [0.25, 0.3) is 11.5 Å². The van der Waals surface area contributed by atoms with Crippen molar-refractivity contribution in [1.82, 2.24) is 44.4 Å². The number of anilines is 1. The molecule has 2 atom stereocenters. The number of aromatic nitrogens is 9. The van der Waals surface area contributed by atoms with E-state index in [0.717, 1.165) is 13.0 Å². The lowest BCUT2D eigenvalue weighted by molar-refractivity contribution is -0.117. The van der Waals surface area contributed by atoms with Crippen LogP contribution in [0.2, 0.25) is 5.02 Å². The fourth-order valence-corrected chi connectivity index (χ4v) is 5.09. The molecular formula is C23H18ClF3N10O. The number of halogens is 4. The van der Waals surface area contributed by atoms with Crippen molar-refractivity contribution in [3.05, 3.63) is 77.1 Å². The molecule has 1 amide bonds. The topological polar surface area (TPSA) is 121 Å². The molecule has 0 bridgehead atoms. The molecule has 0 fully saturated rings. The van der Waals surface area contributed by atoms with Crippen molar-refractivity contribution in [3.63, 3.8) is 0 Å². The first-order valence-electron chi connectivity index (χ1n) is 11.4. The van der Waals surface area contributed by atoms with Crippen LogP contribution >= 0.6 is 11.6 Å². The third-order valence-electron chi connectivity index (χ3n) is 6.63. The molecule has 11 nitrogen and oxygen atoms in total. The number of fused-ring (bicyclic) bond motifs is 3. The van der Waals surface area contributed by atoms with Crippen LogP contribution in [0, 0.1) is 5.95 Å². The SMILES string of the molecule is CC(F)(F)n1cc([C@]2(C)C[C@@H](C(=O)Nc3cnc(-n4nccn4)c(Cl)c3)c3cnc4cc(F)nn4c32)cn1. The molecule has 5 heterocycles. The van der Waals surface area contributed by atoms with Crippen LogP contribution < -0.4 is 5.32 Å². The summed E-state index contributed by atoms with van der Waals surface area (Å²) in [5, 5.41) is 18.7. The van der Waals surface area contributed by atoms with Crippen molar-refractivity contribution in [2.24, 2.45) is 0 Å². The maximum Gasteiger partial charge on any atom is 0.340 e. The van der Waals surface area contributed by atoms with Gasteiger partial charge in [-0.1, -0.05) is 11.6 Å². The van der Waals surface area contributed by atoms with Crippen molar-refractivity contribution in [2.75, 3.05) is 5.32 Å². The minimum atomic E-state index is -3.23. The summed E-state index contributed by atoms with van der Waals surface area (Å²) in [6, 6.07) is -0.568. The normalized spacial score (nSPS) is 19.2. The van der Waals surface area contributed by atoms with E-state index >= 15 is 0 Å². The molecule has 0 saturated carbocycles. The molecule has 0 saturated heterocycles. The van der Waals surface area contributed by atoms with Crippen LogP contribution in [0.3, 0.4) is 0 Å². The van der Waals surface area contributed by atoms with E-state index < -0.39 is 29.2 Å². The summed E-state index contributed by atoms with van der Waals surface area (Å²) in [5.41, 5.74) is 0.880. The minimum Gasteiger partial charge on any atom is -0.324 e. The Morgan fingerprint density at radius 3 is 2.61 bits per heavy atom. The Labute approximate surface area is 217 Å². The lowest BCUT2D eigenvalue weighted by Crippen LogP contribution is -2.25. The Kier molecular flexibility index (Phi) is 5.28. The van der Waals surface area contributed by atoms with Gasteiger partial charge in [0, 0.05) is 41.9 Å². The van der Waals surface area contributed by atoms with Gasteiger partial charge in [-0.3, -0.25) is 4.79 Å². The molecular weight excluding hydrogens is 525 g/mol. The van der Waals surface area contributed by atoms with Crippen molar-refractivity contribution < 1.29 is 18.0 Å². The van der Waals surface area contributed by atoms with Crippen LogP contribution in [-0.4, -0.2) is 50.3 Å². The van der Waals surface area contributed by atoms with Gasteiger partial charge < -0.3 is 5.32 Å². The van der Waals surface area contributed by atoms with Crippen molar-refractivity contribution in [1.29, 1.82) is 0 Å². The van der Waals surface area contributed by atoms with E-state index in [-0.39, 0.29) is 22.9 Å². The number of pyridine rings is 1. The Bertz CT molecular complexity index is 1690. The second-order valence-corrected chi connectivity index (χ2v) is 9.65. The fourth-order valence-electron chi connectivity index (χ4n) is 4.85. The first kappa shape index (κ1) is 24.0. The average molecular weight is 543 g/mol. The predicted octanol–water partition coefficient (Wildman–Crippen LogP) is 3.70. The molecule has 5 aromatic heterocycles. The molecule has 0 radical (unpaired) electrons. The van der Waals surface area contributed by atoms with Gasteiger partial charge in [-0.2, -0.15) is 28.5 Å². The van der Waals surface area contributed by atoms with Gasteiger partial charge >= 0.3 is 6.05 Å². The van der Waals surface area contributed by atoms with Crippen LogP contribution in [0.5, 0.6) is 0 Å². The maximum absolute atomic E-state index is 14.1. The van der Waals surface area contributed by atoms with E-state index in [1.807, 2.05) is 0 Å². The van der Waals surface area contributed by atoms with Gasteiger partial charge in [0.15, 0.2) is 11.5 Å². The highest BCUT2D eigenvalue weighted by atomic mass is 35.5. The number of rotatable bonds is 5. The molecule has 0 unspecified atom stereocenters. The highest BCUT2D eigenvalue weighted by molar-refractivity contribution is 6.32. The first-order valence-corrected chi connectivity index (χ1v) is 11.7. The molecule has 194 valence electrons. The van der Waals surface area contributed by atoms with Gasteiger partial charge in [-0.05, 0) is 19.4 Å². The number of hydrogen-bond donors (Lipinski definition) is 1. The quantitative estimate of drug-likeness (QED) is 0.359. The molecule has 0 aromatic carbocycles. The van der Waals surface area contributed by atoms with E-state index in [1.54, 1.807) is 6.92 Å². The first-order chi connectivity index (χ1) is 18.0. The van der Waals surface area contributed by atoms with Crippen LogP contribution in [0.4, 0.5) is 18.9 Å². The average Bonchev–Trinajstić information content (AvgIpc) is 3.64. The Hall–Kier alpha value is -4.33. The van der Waals surface area contributed by atoms with Crippen molar-refractivity contribution in [3.8, 4) is 5.82 Å². The molecule has 38 heavy (non-hydrogen) atoms. The van der Waals surface area contributed by atoms with Gasteiger partial charge in [-0.15, -0.1) is 9.90 Å². The molecule has 15 heteroatoms. The highest BCUT2D eigenvalue weighted by Gasteiger charge is 2.48. The van der Waals surface area contributed by atoms with Gasteiger partial charge in [0.25, 0.3) is 0 Å². The number of hydrogen-bond acceptors (Lipinski definition) is 7. The van der Waals surface area contributed by atoms with Gasteiger partial charge in [0.1, 0.15) is 0 Å². The Morgan fingerprint density at radius 2 is 1.92 bits per heavy atom. The molecule has 1 N–H and O–H groups in total. The van der Waals surface area contributed by atoms with Crippen molar-refractivity contribution in [2.45, 2.75) is 37.6 Å². The number of carbonyl (C=O) groups excluding carboxylic acids is 1. The van der Waals surface area contributed by atoms with E-state index in [4.69, 9.17) is 11.6 Å². The summed E-state index contributed by atoms with van der Waals surface area (Å²) in [4.78, 5) is 23.3. The highest BCUT2D eigenvalue weighted by Crippen LogP contribution is 2.50. The van der Waals surface area contributed by atoms with E-state index in [9.17, 15) is 18.0 Å². The van der Waals surface area contributed by atoms with Crippen LogP contribution in [0.15, 0.2) is 49.3 Å². The largest absolute Gasteiger partial charge is 0.340 e. The van der Waals surface area contributed by atoms with E-state index in [1.165, 1.54) is 52.6 Å². The summed E-state index contributed by atoms with van der Waals surface area (Å²) in [6.07, 6.45) is 8.55. The lowest BCUT2D eigenvalue weighted by Gasteiger charge is -2.24. The monoisotopic (exact) mass is 542 g/mol. The number of amides is 1. The number of nitrogens with zero attached hydrogens (tertiary/aromatic N) is 9. The third-order valence-corrected chi connectivity index (χ3v) is 6.91. The van der Waals surface area contributed by atoms with Crippen LogP contribution in [0.1, 0.15) is 43.0 Å². The van der Waals surface area contributed by atoms with E-state index in [2.05, 4.69) is 35.7 Å². The summed E-state index contributed by atoms with van der Waals surface area (Å²) in [6.45, 7) is 2.50.